The molecule has 0 saturated carbocycles. The van der Waals surface area contributed by atoms with Crippen molar-refractivity contribution >= 4 is 15.9 Å². The monoisotopic (exact) mass is 458 g/mol. The first-order valence-corrected chi connectivity index (χ1v) is 12.7. The van der Waals surface area contributed by atoms with E-state index >= 15 is 0 Å². The largest absolute Gasteiger partial charge is 0.496 e. The first kappa shape index (κ1) is 24.3. The molecule has 1 saturated heterocycles. The molecule has 0 spiro atoms. The molecule has 1 atom stereocenters. The SMILES string of the molecule is COc1ccc(S(=O)(=O)N2CCCCC2)cc1CCC(=O)N[C@@H](C)c1ccc(C)c(C)c1. The van der Waals surface area contributed by atoms with Crippen molar-refractivity contribution in [2.75, 3.05) is 20.2 Å². The van der Waals surface area contributed by atoms with Gasteiger partial charge in [0.1, 0.15) is 5.75 Å². The normalized spacial score (nSPS) is 15.9. The van der Waals surface area contributed by atoms with Crippen LogP contribution in [0.2, 0.25) is 0 Å². The Labute approximate surface area is 192 Å². The van der Waals surface area contributed by atoms with Crippen molar-refractivity contribution in [2.24, 2.45) is 0 Å². The van der Waals surface area contributed by atoms with Crippen LogP contribution in [0.4, 0.5) is 0 Å². The van der Waals surface area contributed by atoms with Crippen molar-refractivity contribution in [3.05, 3.63) is 58.7 Å². The maximum atomic E-state index is 13.0. The van der Waals surface area contributed by atoms with Gasteiger partial charge in [0.15, 0.2) is 0 Å². The van der Waals surface area contributed by atoms with Crippen LogP contribution in [0.5, 0.6) is 5.75 Å². The van der Waals surface area contributed by atoms with Crippen LogP contribution in [0.1, 0.15) is 60.9 Å². The number of aryl methyl sites for hydroxylation is 3. The maximum absolute atomic E-state index is 13.0. The van der Waals surface area contributed by atoms with Gasteiger partial charge in [0.2, 0.25) is 15.9 Å². The van der Waals surface area contributed by atoms with Gasteiger partial charge in [0.05, 0.1) is 18.0 Å². The lowest BCUT2D eigenvalue weighted by atomic mass is 10.0. The van der Waals surface area contributed by atoms with Crippen molar-refractivity contribution in [2.45, 2.75) is 63.8 Å². The number of benzene rings is 2. The maximum Gasteiger partial charge on any atom is 0.243 e. The third-order valence-electron chi connectivity index (χ3n) is 6.23. The molecule has 2 aromatic carbocycles. The highest BCUT2D eigenvalue weighted by atomic mass is 32.2. The van der Waals surface area contributed by atoms with Gasteiger partial charge in [-0.1, -0.05) is 24.6 Å². The standard InChI is InChI=1S/C25H34N2O4S/c1-18-8-9-21(16-19(18)2)20(3)26-25(28)13-10-22-17-23(11-12-24(22)31-4)32(29,30)27-14-6-5-7-15-27/h8-9,11-12,16-17,20H,5-7,10,13-15H2,1-4H3,(H,26,28)/t20-/m0/s1. The Morgan fingerprint density at radius 1 is 1.06 bits per heavy atom. The summed E-state index contributed by atoms with van der Waals surface area (Å²) in [5.74, 6) is 0.514. The van der Waals surface area contributed by atoms with Gasteiger partial charge >= 0.3 is 0 Å². The number of sulfonamides is 1. The number of methoxy groups -OCH3 is 1. The second kappa shape index (κ2) is 10.5. The first-order chi connectivity index (χ1) is 15.2. The molecule has 6 nitrogen and oxygen atoms in total. The Bertz CT molecular complexity index is 1060. The predicted molar refractivity (Wildman–Crippen MR) is 126 cm³/mol. The summed E-state index contributed by atoms with van der Waals surface area (Å²) < 4.78 is 33.1. The highest BCUT2D eigenvalue weighted by Crippen LogP contribution is 2.27. The Morgan fingerprint density at radius 3 is 2.44 bits per heavy atom. The van der Waals surface area contributed by atoms with Gasteiger partial charge in [0.25, 0.3) is 0 Å². The summed E-state index contributed by atoms with van der Waals surface area (Å²) in [7, 11) is -1.98. The van der Waals surface area contributed by atoms with E-state index in [0.717, 1.165) is 30.4 Å². The number of carbonyl (C=O) groups is 1. The number of amides is 1. The summed E-state index contributed by atoms with van der Waals surface area (Å²) >= 11 is 0. The van der Waals surface area contributed by atoms with Crippen molar-refractivity contribution in [1.29, 1.82) is 0 Å². The summed E-state index contributed by atoms with van der Waals surface area (Å²) in [4.78, 5) is 12.9. The van der Waals surface area contributed by atoms with Crippen LogP contribution in [-0.4, -0.2) is 38.8 Å². The van der Waals surface area contributed by atoms with Crippen LogP contribution < -0.4 is 10.1 Å². The number of hydrogen-bond acceptors (Lipinski definition) is 4. The molecule has 1 aliphatic rings. The molecule has 0 aromatic heterocycles. The highest BCUT2D eigenvalue weighted by molar-refractivity contribution is 7.89. The summed E-state index contributed by atoms with van der Waals surface area (Å²) in [6.45, 7) is 7.21. The second-order valence-electron chi connectivity index (χ2n) is 8.57. The van der Waals surface area contributed by atoms with Gasteiger partial charge in [-0.05, 0) is 80.5 Å². The molecule has 1 heterocycles. The van der Waals surface area contributed by atoms with Gasteiger partial charge < -0.3 is 10.1 Å². The third kappa shape index (κ3) is 5.70. The molecule has 1 N–H and O–H groups in total. The van der Waals surface area contributed by atoms with E-state index in [1.54, 1.807) is 29.6 Å². The van der Waals surface area contributed by atoms with Crippen LogP contribution in [-0.2, 0) is 21.2 Å². The van der Waals surface area contributed by atoms with E-state index < -0.39 is 10.0 Å². The topological polar surface area (TPSA) is 75.7 Å². The minimum Gasteiger partial charge on any atom is -0.496 e. The van der Waals surface area contributed by atoms with E-state index in [4.69, 9.17) is 4.74 Å². The Morgan fingerprint density at radius 2 is 1.78 bits per heavy atom. The molecule has 0 bridgehead atoms. The molecule has 3 rings (SSSR count). The molecule has 7 heteroatoms. The Balaban J connectivity index is 1.68. The Kier molecular flexibility index (Phi) is 7.96. The number of nitrogens with one attached hydrogen (secondary N) is 1. The molecule has 0 aliphatic carbocycles. The molecule has 1 fully saturated rings. The van der Waals surface area contributed by atoms with Crippen molar-refractivity contribution in [3.8, 4) is 5.75 Å². The fourth-order valence-corrected chi connectivity index (χ4v) is 5.61. The zero-order valence-corrected chi connectivity index (χ0v) is 20.3. The number of carbonyl (C=O) groups excluding carboxylic acids is 1. The van der Waals surface area contributed by atoms with Gasteiger partial charge in [-0.2, -0.15) is 4.31 Å². The lowest BCUT2D eigenvalue weighted by Gasteiger charge is -2.26. The van der Waals surface area contributed by atoms with Gasteiger partial charge in [-0.15, -0.1) is 0 Å². The lowest BCUT2D eigenvalue weighted by Crippen LogP contribution is -2.35. The van der Waals surface area contributed by atoms with Crippen LogP contribution >= 0.6 is 0 Å². The lowest BCUT2D eigenvalue weighted by molar-refractivity contribution is -0.121. The Hall–Kier alpha value is -2.38. The van der Waals surface area contributed by atoms with E-state index in [-0.39, 0.29) is 23.3 Å². The van der Waals surface area contributed by atoms with Crippen molar-refractivity contribution < 1.29 is 17.9 Å². The number of piperidine rings is 1. The molecular formula is C25H34N2O4S. The fourth-order valence-electron chi connectivity index (χ4n) is 4.04. The van der Waals surface area contributed by atoms with Gasteiger partial charge in [0, 0.05) is 19.5 Å². The summed E-state index contributed by atoms with van der Waals surface area (Å²) in [6.07, 6.45) is 3.49. The fraction of sp³-hybridized carbons (Fsp3) is 0.480. The molecule has 2 aromatic rings. The quantitative estimate of drug-likeness (QED) is 0.640. The van der Waals surface area contributed by atoms with Crippen LogP contribution in [0.25, 0.3) is 0 Å². The molecule has 0 radical (unpaired) electrons. The molecule has 1 aliphatic heterocycles. The number of hydrogen-bond donors (Lipinski definition) is 1. The van der Waals surface area contributed by atoms with E-state index in [0.29, 0.717) is 25.3 Å². The number of rotatable bonds is 8. The van der Waals surface area contributed by atoms with E-state index in [1.807, 2.05) is 13.0 Å². The second-order valence-corrected chi connectivity index (χ2v) is 10.5. The minimum atomic E-state index is -3.53. The molecular weight excluding hydrogens is 424 g/mol. The molecule has 32 heavy (non-hydrogen) atoms. The van der Waals surface area contributed by atoms with Crippen LogP contribution in [0.3, 0.4) is 0 Å². The van der Waals surface area contributed by atoms with Crippen molar-refractivity contribution in [3.63, 3.8) is 0 Å². The molecule has 174 valence electrons. The zero-order valence-electron chi connectivity index (χ0n) is 19.5. The van der Waals surface area contributed by atoms with Gasteiger partial charge in [-0.25, -0.2) is 8.42 Å². The minimum absolute atomic E-state index is 0.0814. The number of ether oxygens (including phenoxy) is 1. The predicted octanol–water partition coefficient (Wildman–Crippen LogP) is 4.30. The van der Waals surface area contributed by atoms with Gasteiger partial charge in [-0.3, -0.25) is 4.79 Å². The first-order valence-electron chi connectivity index (χ1n) is 11.3. The molecule has 1 amide bonds. The van der Waals surface area contributed by atoms with E-state index in [9.17, 15) is 13.2 Å². The van der Waals surface area contributed by atoms with E-state index in [1.165, 1.54) is 11.1 Å². The third-order valence-corrected chi connectivity index (χ3v) is 8.13. The molecule has 0 unspecified atom stereocenters. The summed E-state index contributed by atoms with van der Waals surface area (Å²) in [5, 5.41) is 3.04. The van der Waals surface area contributed by atoms with E-state index in [2.05, 4.69) is 31.3 Å². The number of nitrogens with zero attached hydrogens (tertiary/aromatic N) is 1. The zero-order chi connectivity index (χ0) is 23.3. The summed E-state index contributed by atoms with van der Waals surface area (Å²) in [6, 6.07) is 11.0. The highest BCUT2D eigenvalue weighted by Gasteiger charge is 2.26. The van der Waals surface area contributed by atoms with Crippen LogP contribution in [0.15, 0.2) is 41.3 Å². The smallest absolute Gasteiger partial charge is 0.243 e. The summed E-state index contributed by atoms with van der Waals surface area (Å²) in [5.41, 5.74) is 4.20. The average molecular weight is 459 g/mol. The van der Waals surface area contributed by atoms with Crippen LogP contribution in [0, 0.1) is 13.8 Å². The van der Waals surface area contributed by atoms with Crippen molar-refractivity contribution in [1.82, 2.24) is 9.62 Å². The average Bonchev–Trinajstić information content (AvgIpc) is 2.79.